The summed E-state index contributed by atoms with van der Waals surface area (Å²) in [5.74, 6) is -4.87. The van der Waals surface area contributed by atoms with E-state index in [2.05, 4.69) is 10.3 Å². The number of hydrogen-bond acceptors (Lipinski definition) is 9. The summed E-state index contributed by atoms with van der Waals surface area (Å²) >= 11 is 12.7. The van der Waals surface area contributed by atoms with Crippen LogP contribution in [-0.2, 0) is 29.3 Å². The molecule has 11 nitrogen and oxygen atoms in total. The molecule has 3 aliphatic heterocycles. The summed E-state index contributed by atoms with van der Waals surface area (Å²) in [6.45, 7) is 2.77. The fourth-order valence-corrected chi connectivity index (χ4v) is 10.3. The van der Waals surface area contributed by atoms with Crippen molar-refractivity contribution in [1.29, 1.82) is 0 Å². The zero-order valence-corrected chi connectivity index (χ0v) is 31.9. The Hall–Kier alpha value is -5.36. The van der Waals surface area contributed by atoms with Gasteiger partial charge in [0.15, 0.2) is 0 Å². The van der Waals surface area contributed by atoms with Crippen molar-refractivity contribution < 1.29 is 33.8 Å². The van der Waals surface area contributed by atoms with E-state index >= 15 is 4.79 Å². The number of ether oxygens (including phenoxy) is 2. The number of halogens is 2. The Morgan fingerprint density at radius 3 is 2.27 bits per heavy atom. The summed E-state index contributed by atoms with van der Waals surface area (Å²) in [5.41, 5.74) is 5.20. The molecule has 4 aromatic rings. The van der Waals surface area contributed by atoms with Crippen molar-refractivity contribution in [2.24, 2.45) is 23.7 Å². The number of hydrogen-bond donors (Lipinski definition) is 2. The van der Waals surface area contributed by atoms with Crippen molar-refractivity contribution in [2.45, 2.75) is 24.2 Å². The van der Waals surface area contributed by atoms with Crippen molar-refractivity contribution in [3.63, 3.8) is 0 Å². The van der Waals surface area contributed by atoms with Crippen LogP contribution in [-0.4, -0.2) is 67.2 Å². The number of morpholine rings is 1. The van der Waals surface area contributed by atoms with E-state index in [1.54, 1.807) is 61.7 Å². The molecule has 0 aromatic heterocycles. The van der Waals surface area contributed by atoms with Crippen LogP contribution in [0.5, 0.6) is 11.5 Å². The zero-order valence-electron chi connectivity index (χ0n) is 30.4. The average Bonchev–Trinajstić information content (AvgIpc) is 3.59. The first-order valence-corrected chi connectivity index (χ1v) is 19.4. The summed E-state index contributed by atoms with van der Waals surface area (Å²) in [5, 5.41) is 12.5. The molecule has 1 saturated carbocycles. The van der Waals surface area contributed by atoms with E-state index in [1.165, 1.54) is 11.0 Å². The molecule has 56 heavy (non-hydrogen) atoms. The lowest BCUT2D eigenvalue weighted by molar-refractivity contribution is -0.138. The summed E-state index contributed by atoms with van der Waals surface area (Å²) < 4.78 is 11.0. The summed E-state index contributed by atoms with van der Waals surface area (Å²) in [4.78, 5) is 62.8. The number of carbonyl (C=O) groups excluding carboxylic acids is 4. The van der Waals surface area contributed by atoms with Gasteiger partial charge >= 0.3 is 0 Å². The summed E-state index contributed by atoms with van der Waals surface area (Å²) in [6, 6.07) is 26.0. The Labute approximate surface area is 333 Å². The minimum absolute atomic E-state index is 0.0149. The molecule has 4 amide bonds. The Morgan fingerprint density at radius 1 is 0.839 bits per heavy atom. The van der Waals surface area contributed by atoms with Gasteiger partial charge in [0.1, 0.15) is 11.5 Å². The normalized spacial score (nSPS) is 27.2. The fraction of sp³-hybridized carbons (Fsp3) is 0.302. The Bertz CT molecular complexity index is 2290. The SMILES string of the molecule is COc1ccc(C23C(=O)N(Nc4ccc(Cl)cc4Cl)C(=O)C2CC2C(=CCC4C(=O)N(c5ccc(N6CCOCC6)cc5)C(=O)C42)C3c2cccc(O)c2)cc1. The standard InChI is InChI=1S/C43H38Cl2N4O7/c1-55-30-12-5-25(6-13-30)43-34(40(52)49(42(43)54)46-36-16-7-26(44)22-35(36)45)23-33-31(38(43)24-3-2-4-29(50)21-24)14-15-32-37(33)41(53)48(39(32)51)28-10-8-27(9-11-28)47-17-19-56-20-18-47/h2-14,16,21-22,32-34,37-38,46,50H,15,17-20,23H2,1H3. The Kier molecular flexibility index (Phi) is 9.06. The van der Waals surface area contributed by atoms with Crippen LogP contribution in [0.15, 0.2) is 103 Å². The maximum atomic E-state index is 15.4. The number of allylic oxidation sites excluding steroid dienone is 2. The van der Waals surface area contributed by atoms with Gasteiger partial charge in [0.2, 0.25) is 11.8 Å². The lowest BCUT2D eigenvalue weighted by Crippen LogP contribution is -2.53. The minimum Gasteiger partial charge on any atom is -0.508 e. The van der Waals surface area contributed by atoms with Gasteiger partial charge in [-0.15, -0.1) is 0 Å². The number of rotatable bonds is 7. The molecule has 0 radical (unpaired) electrons. The maximum Gasteiger partial charge on any atom is 0.260 e. The third-order valence-corrected chi connectivity index (χ3v) is 12.8. The van der Waals surface area contributed by atoms with E-state index in [9.17, 15) is 19.5 Å². The van der Waals surface area contributed by atoms with Gasteiger partial charge in [-0.05, 0) is 96.6 Å². The molecule has 286 valence electrons. The van der Waals surface area contributed by atoms with Crippen LogP contribution in [0, 0.1) is 23.7 Å². The van der Waals surface area contributed by atoms with Gasteiger partial charge in [-0.3, -0.25) is 29.5 Å². The van der Waals surface area contributed by atoms with Crippen molar-refractivity contribution in [3.05, 3.63) is 124 Å². The molecule has 6 atom stereocenters. The molecule has 0 spiro atoms. The van der Waals surface area contributed by atoms with Crippen LogP contribution >= 0.6 is 23.2 Å². The van der Waals surface area contributed by atoms with Gasteiger partial charge in [0.05, 0.1) is 59.9 Å². The topological polar surface area (TPSA) is 129 Å². The number of hydrazine groups is 1. The molecule has 3 saturated heterocycles. The molecule has 4 aromatic carbocycles. The highest BCUT2D eigenvalue weighted by Gasteiger charge is 2.70. The van der Waals surface area contributed by atoms with Crippen molar-refractivity contribution in [1.82, 2.24) is 5.01 Å². The first-order chi connectivity index (χ1) is 27.1. The Balaban J connectivity index is 1.16. The second-order valence-corrected chi connectivity index (χ2v) is 15.8. The molecule has 5 aliphatic rings. The highest BCUT2D eigenvalue weighted by atomic mass is 35.5. The molecule has 9 rings (SSSR count). The van der Waals surface area contributed by atoms with Crippen molar-refractivity contribution >= 4 is 63.9 Å². The van der Waals surface area contributed by atoms with Crippen LogP contribution in [0.2, 0.25) is 10.0 Å². The van der Waals surface area contributed by atoms with Crippen LogP contribution in [0.25, 0.3) is 0 Å². The van der Waals surface area contributed by atoms with Crippen molar-refractivity contribution in [3.8, 4) is 11.5 Å². The number of fused-ring (bicyclic) bond motifs is 4. The summed E-state index contributed by atoms with van der Waals surface area (Å²) in [6.07, 6.45) is 2.38. The number of nitrogens with one attached hydrogen (secondary N) is 1. The largest absolute Gasteiger partial charge is 0.508 e. The number of amides is 4. The quantitative estimate of drug-likeness (QED) is 0.155. The molecule has 0 bridgehead atoms. The number of phenols is 1. The number of anilines is 3. The highest BCUT2D eigenvalue weighted by Crippen LogP contribution is 2.64. The maximum absolute atomic E-state index is 15.4. The fourth-order valence-electron chi connectivity index (χ4n) is 9.81. The number of phenolic OH excluding ortho intramolecular Hbond substituents is 1. The Morgan fingerprint density at radius 2 is 1.57 bits per heavy atom. The van der Waals surface area contributed by atoms with E-state index in [0.29, 0.717) is 46.5 Å². The van der Waals surface area contributed by atoms with E-state index in [-0.39, 0.29) is 35.4 Å². The number of carbonyl (C=O) groups is 4. The monoisotopic (exact) mass is 792 g/mol. The van der Waals surface area contributed by atoms with Gasteiger partial charge in [-0.25, -0.2) is 0 Å². The molecule has 13 heteroatoms. The average molecular weight is 794 g/mol. The molecule has 3 heterocycles. The van der Waals surface area contributed by atoms with Crippen LogP contribution in [0.4, 0.5) is 17.1 Å². The molecule has 2 aliphatic carbocycles. The van der Waals surface area contributed by atoms with Gasteiger partial charge in [0.25, 0.3) is 11.8 Å². The van der Waals surface area contributed by atoms with Crippen LogP contribution < -0.4 is 20.0 Å². The third-order valence-electron chi connectivity index (χ3n) is 12.3. The number of methoxy groups -OCH3 is 1. The molecule has 4 fully saturated rings. The molecule has 6 unspecified atom stereocenters. The predicted molar refractivity (Wildman–Crippen MR) is 211 cm³/mol. The first kappa shape index (κ1) is 36.3. The number of nitrogens with zero attached hydrogens (tertiary/aromatic N) is 3. The smallest absolute Gasteiger partial charge is 0.260 e. The third kappa shape index (κ3) is 5.58. The van der Waals surface area contributed by atoms with Crippen molar-refractivity contribution in [2.75, 3.05) is 48.6 Å². The molecular formula is C43H38Cl2N4O7. The van der Waals surface area contributed by atoms with Gasteiger partial charge in [0, 0.05) is 29.7 Å². The number of imide groups is 2. The van der Waals surface area contributed by atoms with E-state index in [0.717, 1.165) is 29.4 Å². The van der Waals surface area contributed by atoms with Crippen LogP contribution in [0.3, 0.4) is 0 Å². The number of benzene rings is 4. The predicted octanol–water partition coefficient (Wildman–Crippen LogP) is 6.73. The second kappa shape index (κ2) is 14.0. The zero-order chi connectivity index (χ0) is 38.9. The lowest BCUT2D eigenvalue weighted by atomic mass is 9.49. The van der Waals surface area contributed by atoms with E-state index in [4.69, 9.17) is 32.7 Å². The van der Waals surface area contributed by atoms with Crippen LogP contribution in [0.1, 0.15) is 29.9 Å². The molecule has 2 N–H and O–H groups in total. The first-order valence-electron chi connectivity index (χ1n) is 18.7. The van der Waals surface area contributed by atoms with Gasteiger partial charge in [-0.1, -0.05) is 59.1 Å². The van der Waals surface area contributed by atoms with Gasteiger partial charge < -0.3 is 19.5 Å². The van der Waals surface area contributed by atoms with E-state index < -0.39 is 46.8 Å². The lowest BCUT2D eigenvalue weighted by Gasteiger charge is -2.50. The highest BCUT2D eigenvalue weighted by molar-refractivity contribution is 6.36. The van der Waals surface area contributed by atoms with E-state index in [1.807, 2.05) is 36.4 Å². The number of aromatic hydroxyl groups is 1. The van der Waals surface area contributed by atoms with Gasteiger partial charge in [-0.2, -0.15) is 5.01 Å². The summed E-state index contributed by atoms with van der Waals surface area (Å²) in [7, 11) is 1.55. The second-order valence-electron chi connectivity index (χ2n) is 14.9. The minimum atomic E-state index is -1.53. The molecular weight excluding hydrogens is 755 g/mol.